The summed E-state index contributed by atoms with van der Waals surface area (Å²) in [5.74, 6) is -0.137. The summed E-state index contributed by atoms with van der Waals surface area (Å²) in [7, 11) is 0. The van der Waals surface area contributed by atoms with E-state index in [9.17, 15) is 14.9 Å². The molecule has 1 aliphatic rings. The van der Waals surface area contributed by atoms with E-state index in [0.29, 0.717) is 29.9 Å². The van der Waals surface area contributed by atoms with Crippen LogP contribution in [0.5, 0.6) is 0 Å². The van der Waals surface area contributed by atoms with Crippen molar-refractivity contribution >= 4 is 23.2 Å². The first-order valence-corrected chi connectivity index (χ1v) is 8.45. The lowest BCUT2D eigenvalue weighted by Gasteiger charge is -2.28. The minimum Gasteiger partial charge on any atom is -0.378 e. The number of ketones is 1. The molecule has 1 heterocycles. The summed E-state index contributed by atoms with van der Waals surface area (Å²) in [4.78, 5) is 25.1. The lowest BCUT2D eigenvalue weighted by Crippen LogP contribution is -2.36. The van der Waals surface area contributed by atoms with Crippen molar-refractivity contribution < 1.29 is 14.5 Å². The monoisotopic (exact) mass is 352 g/mol. The van der Waals surface area contributed by atoms with Crippen molar-refractivity contribution in [1.29, 1.82) is 0 Å². The molecule has 1 saturated heterocycles. The van der Waals surface area contributed by atoms with Gasteiger partial charge in [-0.2, -0.15) is 0 Å². The summed E-state index contributed by atoms with van der Waals surface area (Å²) in [6.45, 7) is 4.81. The minimum atomic E-state index is -0.418. The summed E-state index contributed by atoms with van der Waals surface area (Å²) in [6.07, 6.45) is 3.04. The van der Waals surface area contributed by atoms with Crippen molar-refractivity contribution in [2.45, 2.75) is 6.92 Å². The molecule has 0 spiro atoms. The molecule has 0 aromatic heterocycles. The molecule has 1 fully saturated rings. The van der Waals surface area contributed by atoms with E-state index in [2.05, 4.69) is 4.90 Å². The zero-order valence-corrected chi connectivity index (χ0v) is 14.6. The fourth-order valence-corrected chi connectivity index (χ4v) is 2.85. The molecule has 0 N–H and O–H groups in total. The lowest BCUT2D eigenvalue weighted by molar-refractivity contribution is -0.385. The fourth-order valence-electron chi connectivity index (χ4n) is 2.85. The molecule has 0 aliphatic carbocycles. The molecule has 3 rings (SSSR count). The Hall–Kier alpha value is -2.99. The van der Waals surface area contributed by atoms with Crippen LogP contribution in [0.1, 0.15) is 21.5 Å². The molecule has 26 heavy (non-hydrogen) atoms. The second-order valence-electron chi connectivity index (χ2n) is 6.15. The number of rotatable bonds is 5. The molecule has 0 atom stereocenters. The van der Waals surface area contributed by atoms with Crippen LogP contribution >= 0.6 is 0 Å². The number of benzene rings is 2. The van der Waals surface area contributed by atoms with Gasteiger partial charge in [0, 0.05) is 36.0 Å². The van der Waals surface area contributed by atoms with E-state index in [-0.39, 0.29) is 11.5 Å². The second-order valence-corrected chi connectivity index (χ2v) is 6.15. The minimum absolute atomic E-state index is 0.0504. The van der Waals surface area contributed by atoms with Crippen LogP contribution in [-0.4, -0.2) is 37.0 Å². The van der Waals surface area contributed by atoms with Gasteiger partial charge in [-0.15, -0.1) is 0 Å². The number of allylic oxidation sites excluding steroid dienone is 1. The highest BCUT2D eigenvalue weighted by molar-refractivity contribution is 6.07. The van der Waals surface area contributed by atoms with E-state index >= 15 is 0 Å². The van der Waals surface area contributed by atoms with Gasteiger partial charge in [-0.3, -0.25) is 14.9 Å². The van der Waals surface area contributed by atoms with Crippen LogP contribution in [0.25, 0.3) is 6.08 Å². The molecule has 1 aliphatic heterocycles. The Morgan fingerprint density at radius 1 is 1.15 bits per heavy atom. The first-order valence-electron chi connectivity index (χ1n) is 8.45. The molecule has 2 aromatic rings. The van der Waals surface area contributed by atoms with Gasteiger partial charge in [0.25, 0.3) is 5.69 Å². The van der Waals surface area contributed by atoms with Crippen molar-refractivity contribution in [3.8, 4) is 0 Å². The summed E-state index contributed by atoms with van der Waals surface area (Å²) in [5.41, 5.74) is 2.93. The zero-order valence-electron chi connectivity index (χ0n) is 14.6. The van der Waals surface area contributed by atoms with Crippen molar-refractivity contribution in [1.82, 2.24) is 0 Å². The number of aryl methyl sites for hydroxylation is 1. The molecule has 6 heteroatoms. The molecule has 134 valence electrons. The van der Waals surface area contributed by atoms with Gasteiger partial charge in [-0.05, 0) is 42.8 Å². The summed E-state index contributed by atoms with van der Waals surface area (Å²) >= 11 is 0. The molecule has 6 nitrogen and oxygen atoms in total. The van der Waals surface area contributed by atoms with Gasteiger partial charge < -0.3 is 9.64 Å². The Bertz CT molecular complexity index is 837. The van der Waals surface area contributed by atoms with Gasteiger partial charge in [-0.1, -0.05) is 18.2 Å². The van der Waals surface area contributed by atoms with Gasteiger partial charge in [0.1, 0.15) is 0 Å². The maximum atomic E-state index is 12.3. The third-order valence-corrected chi connectivity index (χ3v) is 4.39. The third-order valence-electron chi connectivity index (χ3n) is 4.39. The van der Waals surface area contributed by atoms with Gasteiger partial charge >= 0.3 is 0 Å². The zero-order chi connectivity index (χ0) is 18.5. The largest absolute Gasteiger partial charge is 0.378 e. The van der Waals surface area contributed by atoms with Crippen molar-refractivity contribution in [3.63, 3.8) is 0 Å². The second kappa shape index (κ2) is 7.93. The van der Waals surface area contributed by atoms with E-state index in [0.717, 1.165) is 18.8 Å². The van der Waals surface area contributed by atoms with Crippen LogP contribution in [0.3, 0.4) is 0 Å². The van der Waals surface area contributed by atoms with E-state index in [1.807, 2.05) is 12.1 Å². The van der Waals surface area contributed by atoms with Crippen LogP contribution < -0.4 is 4.90 Å². The molecule has 0 amide bonds. The number of nitro groups is 1. The van der Waals surface area contributed by atoms with Gasteiger partial charge in [0.05, 0.1) is 18.1 Å². The van der Waals surface area contributed by atoms with E-state index < -0.39 is 4.92 Å². The Balaban J connectivity index is 1.70. The number of carbonyl (C=O) groups is 1. The van der Waals surface area contributed by atoms with Crippen molar-refractivity contribution in [2.24, 2.45) is 0 Å². The SMILES string of the molecule is Cc1ccc(/C=C/C(=O)c2ccc(N3CCOCC3)cc2)cc1[N+](=O)[O-]. The van der Waals surface area contributed by atoms with Crippen LogP contribution in [0, 0.1) is 17.0 Å². The van der Waals surface area contributed by atoms with Crippen LogP contribution in [0.15, 0.2) is 48.5 Å². The topological polar surface area (TPSA) is 72.7 Å². The third kappa shape index (κ3) is 4.15. The first-order chi connectivity index (χ1) is 12.5. The molecule has 0 radical (unpaired) electrons. The number of hydrogen-bond acceptors (Lipinski definition) is 5. The number of carbonyl (C=O) groups excluding carboxylic acids is 1. The smallest absolute Gasteiger partial charge is 0.272 e. The lowest BCUT2D eigenvalue weighted by atomic mass is 10.1. The average molecular weight is 352 g/mol. The van der Waals surface area contributed by atoms with Crippen LogP contribution in [-0.2, 0) is 4.74 Å². The van der Waals surface area contributed by atoms with Gasteiger partial charge in [-0.25, -0.2) is 0 Å². The highest BCUT2D eigenvalue weighted by atomic mass is 16.6. The van der Waals surface area contributed by atoms with Gasteiger partial charge in [0.2, 0.25) is 0 Å². The predicted molar refractivity (Wildman–Crippen MR) is 101 cm³/mol. The van der Waals surface area contributed by atoms with Crippen LogP contribution in [0.4, 0.5) is 11.4 Å². The number of morpholine rings is 1. The Morgan fingerprint density at radius 2 is 1.85 bits per heavy atom. The van der Waals surface area contributed by atoms with E-state index in [1.54, 1.807) is 37.3 Å². The summed E-state index contributed by atoms with van der Waals surface area (Å²) in [5, 5.41) is 11.0. The Morgan fingerprint density at radius 3 is 2.50 bits per heavy atom. The van der Waals surface area contributed by atoms with E-state index in [4.69, 9.17) is 4.74 Å². The number of ether oxygens (including phenoxy) is 1. The average Bonchev–Trinajstić information content (AvgIpc) is 2.67. The van der Waals surface area contributed by atoms with Gasteiger partial charge in [0.15, 0.2) is 5.78 Å². The quantitative estimate of drug-likeness (QED) is 0.355. The van der Waals surface area contributed by atoms with Crippen LogP contribution in [0.2, 0.25) is 0 Å². The maximum absolute atomic E-state index is 12.3. The highest BCUT2D eigenvalue weighted by Crippen LogP contribution is 2.21. The van der Waals surface area contributed by atoms with E-state index in [1.165, 1.54) is 12.1 Å². The van der Waals surface area contributed by atoms with Crippen molar-refractivity contribution in [3.05, 3.63) is 75.3 Å². The Labute approximate surface area is 151 Å². The summed E-state index contributed by atoms with van der Waals surface area (Å²) in [6, 6.07) is 12.4. The number of nitrogens with zero attached hydrogens (tertiary/aromatic N) is 2. The predicted octanol–water partition coefficient (Wildman–Crippen LogP) is 3.64. The maximum Gasteiger partial charge on any atom is 0.272 e. The molecular formula is C20H20N2O4. The molecule has 2 aromatic carbocycles. The number of nitro benzene ring substituents is 1. The standard InChI is InChI=1S/C20H20N2O4/c1-15-2-3-16(14-19(15)22(24)25)4-9-20(23)17-5-7-18(8-6-17)21-10-12-26-13-11-21/h2-9,14H,10-13H2,1H3/b9-4+. The highest BCUT2D eigenvalue weighted by Gasteiger charge is 2.12. The normalized spacial score (nSPS) is 14.6. The first kappa shape index (κ1) is 17.8. The molecule has 0 unspecified atom stereocenters. The Kier molecular flexibility index (Phi) is 5.43. The molecular weight excluding hydrogens is 332 g/mol. The van der Waals surface area contributed by atoms with Crippen molar-refractivity contribution in [2.75, 3.05) is 31.2 Å². The number of hydrogen-bond donors (Lipinski definition) is 0. The molecule has 0 bridgehead atoms. The summed E-state index contributed by atoms with van der Waals surface area (Å²) < 4.78 is 5.34. The molecule has 0 saturated carbocycles. The number of anilines is 1. The fraction of sp³-hybridized carbons (Fsp3) is 0.250.